The molecule has 0 aliphatic carbocycles. The summed E-state index contributed by atoms with van der Waals surface area (Å²) in [6.07, 6.45) is 5.26. The van der Waals surface area contributed by atoms with Crippen LogP contribution < -0.4 is 4.74 Å². The van der Waals surface area contributed by atoms with Crippen LogP contribution in [0.1, 0.15) is 62.6 Å². The van der Waals surface area contributed by atoms with Crippen molar-refractivity contribution in [3.63, 3.8) is 0 Å². The van der Waals surface area contributed by atoms with Crippen LogP contribution in [0, 0.1) is 0 Å². The standard InChI is InChI=1S/C22H28O2/c1-5-24-22-14-18(12-13-21(22)23)9-6-8-17(4)20-11-7-10-19(15-20)16(2)3/h6-7,9-17,23H,5,8H2,1-4H3. The van der Waals surface area contributed by atoms with Gasteiger partial charge in [0.15, 0.2) is 11.5 Å². The van der Waals surface area contributed by atoms with Gasteiger partial charge < -0.3 is 9.84 Å². The molecule has 2 aromatic carbocycles. The molecule has 1 atom stereocenters. The maximum Gasteiger partial charge on any atom is 0.161 e. The first-order valence-corrected chi connectivity index (χ1v) is 8.73. The van der Waals surface area contributed by atoms with Gasteiger partial charge in [-0.2, -0.15) is 0 Å². The third-order valence-electron chi connectivity index (χ3n) is 4.23. The largest absolute Gasteiger partial charge is 0.504 e. The molecule has 24 heavy (non-hydrogen) atoms. The van der Waals surface area contributed by atoms with Gasteiger partial charge in [-0.15, -0.1) is 0 Å². The van der Waals surface area contributed by atoms with Crippen LogP contribution in [0.25, 0.3) is 6.08 Å². The Hall–Kier alpha value is -2.22. The molecule has 0 aliphatic rings. The maximum atomic E-state index is 9.75. The molecule has 1 unspecified atom stereocenters. The van der Waals surface area contributed by atoms with E-state index in [-0.39, 0.29) is 5.75 Å². The molecule has 0 bridgehead atoms. The third kappa shape index (κ3) is 4.89. The molecule has 2 nitrogen and oxygen atoms in total. The van der Waals surface area contributed by atoms with E-state index in [0.717, 1.165) is 12.0 Å². The fraction of sp³-hybridized carbons (Fsp3) is 0.364. The second kappa shape index (κ2) is 8.58. The Balaban J connectivity index is 2.03. The summed E-state index contributed by atoms with van der Waals surface area (Å²) in [7, 11) is 0. The number of rotatable bonds is 7. The Bertz CT molecular complexity index is 686. The Kier molecular flexibility index (Phi) is 6.48. The monoisotopic (exact) mass is 324 g/mol. The van der Waals surface area contributed by atoms with Gasteiger partial charge >= 0.3 is 0 Å². The van der Waals surface area contributed by atoms with Crippen LogP contribution >= 0.6 is 0 Å². The summed E-state index contributed by atoms with van der Waals surface area (Å²) in [6, 6.07) is 14.3. The molecule has 0 amide bonds. The summed E-state index contributed by atoms with van der Waals surface area (Å²) in [5.41, 5.74) is 3.81. The highest BCUT2D eigenvalue weighted by Gasteiger charge is 2.06. The van der Waals surface area contributed by atoms with E-state index in [1.807, 2.05) is 19.1 Å². The van der Waals surface area contributed by atoms with E-state index >= 15 is 0 Å². The van der Waals surface area contributed by atoms with Gasteiger partial charge in [0, 0.05) is 0 Å². The minimum Gasteiger partial charge on any atom is -0.504 e. The molecule has 0 heterocycles. The predicted molar refractivity (Wildman–Crippen MR) is 102 cm³/mol. The molecule has 128 valence electrons. The molecule has 2 rings (SSSR count). The lowest BCUT2D eigenvalue weighted by Crippen LogP contribution is -1.95. The van der Waals surface area contributed by atoms with E-state index < -0.39 is 0 Å². The number of phenols is 1. The van der Waals surface area contributed by atoms with Crippen molar-refractivity contribution in [1.29, 1.82) is 0 Å². The average Bonchev–Trinajstić information content (AvgIpc) is 2.58. The number of hydrogen-bond donors (Lipinski definition) is 1. The minimum absolute atomic E-state index is 0.188. The first-order chi connectivity index (χ1) is 11.5. The average molecular weight is 324 g/mol. The Morgan fingerprint density at radius 2 is 1.79 bits per heavy atom. The number of hydrogen-bond acceptors (Lipinski definition) is 2. The van der Waals surface area contributed by atoms with E-state index in [2.05, 4.69) is 57.2 Å². The molecule has 0 saturated carbocycles. The van der Waals surface area contributed by atoms with Crippen LogP contribution in [-0.2, 0) is 0 Å². The Labute approximate surface area is 145 Å². The molecular weight excluding hydrogens is 296 g/mol. The number of aromatic hydroxyl groups is 1. The summed E-state index contributed by atoms with van der Waals surface area (Å²) in [4.78, 5) is 0. The lowest BCUT2D eigenvalue weighted by Gasteiger charge is -2.13. The smallest absolute Gasteiger partial charge is 0.161 e. The van der Waals surface area contributed by atoms with Crippen molar-refractivity contribution in [2.24, 2.45) is 0 Å². The fourth-order valence-corrected chi connectivity index (χ4v) is 2.67. The number of ether oxygens (including phenoxy) is 1. The first kappa shape index (κ1) is 18.1. The van der Waals surface area contributed by atoms with Gasteiger partial charge in [-0.1, -0.05) is 63.3 Å². The molecule has 1 N–H and O–H groups in total. The van der Waals surface area contributed by atoms with Crippen LogP contribution in [0.15, 0.2) is 48.5 Å². The second-order valence-corrected chi connectivity index (χ2v) is 6.52. The van der Waals surface area contributed by atoms with Crippen LogP contribution in [0.2, 0.25) is 0 Å². The van der Waals surface area contributed by atoms with Crippen LogP contribution in [0.4, 0.5) is 0 Å². The normalized spacial score (nSPS) is 12.7. The van der Waals surface area contributed by atoms with Crippen LogP contribution in [-0.4, -0.2) is 11.7 Å². The number of benzene rings is 2. The molecule has 0 saturated heterocycles. The van der Waals surface area contributed by atoms with Gasteiger partial charge in [0.05, 0.1) is 6.61 Å². The minimum atomic E-state index is 0.188. The highest BCUT2D eigenvalue weighted by molar-refractivity contribution is 5.55. The summed E-state index contributed by atoms with van der Waals surface area (Å²) in [5.74, 6) is 1.76. The second-order valence-electron chi connectivity index (χ2n) is 6.52. The molecule has 0 fully saturated rings. The fourth-order valence-electron chi connectivity index (χ4n) is 2.67. The molecule has 2 aromatic rings. The van der Waals surface area contributed by atoms with Crippen molar-refractivity contribution in [2.45, 2.75) is 46.0 Å². The highest BCUT2D eigenvalue weighted by Crippen LogP contribution is 2.28. The quantitative estimate of drug-likeness (QED) is 0.664. The molecule has 0 aromatic heterocycles. The van der Waals surface area contributed by atoms with Gasteiger partial charge in [0.1, 0.15) is 0 Å². The third-order valence-corrected chi connectivity index (χ3v) is 4.23. The molecular formula is C22H28O2. The van der Waals surface area contributed by atoms with Crippen molar-refractivity contribution in [3.8, 4) is 11.5 Å². The topological polar surface area (TPSA) is 29.5 Å². The summed E-state index contributed by atoms with van der Waals surface area (Å²) in [5, 5.41) is 9.75. The van der Waals surface area contributed by atoms with Crippen LogP contribution in [0.3, 0.4) is 0 Å². The van der Waals surface area contributed by atoms with Crippen molar-refractivity contribution in [3.05, 3.63) is 65.2 Å². The number of phenolic OH excluding ortho intramolecular Hbond substituents is 1. The van der Waals surface area contributed by atoms with E-state index in [4.69, 9.17) is 4.74 Å². The van der Waals surface area contributed by atoms with Gasteiger partial charge in [-0.25, -0.2) is 0 Å². The Morgan fingerprint density at radius 3 is 2.50 bits per heavy atom. The van der Waals surface area contributed by atoms with E-state index in [9.17, 15) is 5.11 Å². The van der Waals surface area contributed by atoms with Crippen LogP contribution in [0.5, 0.6) is 11.5 Å². The zero-order chi connectivity index (χ0) is 17.5. The molecule has 0 radical (unpaired) electrons. The predicted octanol–water partition coefficient (Wildman–Crippen LogP) is 6.12. The summed E-state index contributed by atoms with van der Waals surface area (Å²) >= 11 is 0. The molecule has 0 spiro atoms. The lowest BCUT2D eigenvalue weighted by molar-refractivity contribution is 0.318. The zero-order valence-electron chi connectivity index (χ0n) is 15.1. The first-order valence-electron chi connectivity index (χ1n) is 8.73. The summed E-state index contributed by atoms with van der Waals surface area (Å²) < 4.78 is 5.43. The molecule has 2 heteroatoms. The van der Waals surface area contributed by atoms with E-state index in [1.54, 1.807) is 6.07 Å². The van der Waals surface area contributed by atoms with Crippen molar-refractivity contribution in [2.75, 3.05) is 6.61 Å². The van der Waals surface area contributed by atoms with Crippen molar-refractivity contribution < 1.29 is 9.84 Å². The maximum absolute atomic E-state index is 9.75. The van der Waals surface area contributed by atoms with Gasteiger partial charge in [0.25, 0.3) is 0 Å². The molecule has 0 aliphatic heterocycles. The highest BCUT2D eigenvalue weighted by atomic mass is 16.5. The van der Waals surface area contributed by atoms with Gasteiger partial charge in [-0.3, -0.25) is 0 Å². The van der Waals surface area contributed by atoms with Crippen molar-refractivity contribution in [1.82, 2.24) is 0 Å². The van der Waals surface area contributed by atoms with E-state index in [0.29, 0.717) is 24.2 Å². The van der Waals surface area contributed by atoms with Gasteiger partial charge in [0.2, 0.25) is 0 Å². The lowest BCUT2D eigenvalue weighted by atomic mass is 9.93. The van der Waals surface area contributed by atoms with Gasteiger partial charge in [-0.05, 0) is 54.0 Å². The van der Waals surface area contributed by atoms with E-state index in [1.165, 1.54) is 11.1 Å². The van der Waals surface area contributed by atoms with Crippen molar-refractivity contribution >= 4 is 6.08 Å². The number of allylic oxidation sites excluding steroid dienone is 1. The Morgan fingerprint density at radius 1 is 1.04 bits per heavy atom. The SMILES string of the molecule is CCOc1cc(C=CCC(C)c2cccc(C(C)C)c2)ccc1O. The zero-order valence-corrected chi connectivity index (χ0v) is 15.1. The summed E-state index contributed by atoms with van der Waals surface area (Å²) in [6.45, 7) is 9.17.